The van der Waals surface area contributed by atoms with Gasteiger partial charge < -0.3 is 4.79 Å². The van der Waals surface area contributed by atoms with Crippen LogP contribution in [0.1, 0.15) is 96.8 Å². The molecule has 0 aliphatic heterocycles. The molecule has 21 heavy (non-hydrogen) atoms. The highest BCUT2D eigenvalue weighted by molar-refractivity contribution is 6.17. The smallest absolute Gasteiger partial charge is 0.129 e. The number of rotatable bonds is 16. The van der Waals surface area contributed by atoms with Crippen LogP contribution in [0.5, 0.6) is 0 Å². The van der Waals surface area contributed by atoms with Gasteiger partial charge in [0.15, 0.2) is 0 Å². The monoisotopic (exact) mass is 314 g/mol. The minimum Gasteiger partial charge on any atom is -0.300 e. The van der Waals surface area contributed by atoms with Crippen LogP contribution in [0.4, 0.5) is 0 Å². The van der Waals surface area contributed by atoms with Crippen LogP contribution in [0.15, 0.2) is 12.2 Å². The van der Waals surface area contributed by atoms with Gasteiger partial charge in [-0.05, 0) is 45.4 Å². The quantitative estimate of drug-likeness (QED) is 0.173. The highest BCUT2D eigenvalue weighted by Gasteiger charge is 1.94. The summed E-state index contributed by atoms with van der Waals surface area (Å²) >= 11 is 5.65. The van der Waals surface area contributed by atoms with Crippen LogP contribution in [0, 0.1) is 0 Å². The molecule has 0 saturated carbocycles. The van der Waals surface area contributed by atoms with E-state index in [4.69, 9.17) is 11.6 Å². The van der Waals surface area contributed by atoms with Gasteiger partial charge in [0.1, 0.15) is 5.78 Å². The average Bonchev–Trinajstić information content (AvgIpc) is 2.46. The summed E-state index contributed by atoms with van der Waals surface area (Å²) in [4.78, 5) is 10.8. The summed E-state index contributed by atoms with van der Waals surface area (Å²) in [5.41, 5.74) is 0. The molecule has 0 fully saturated rings. The van der Waals surface area contributed by atoms with Crippen LogP contribution in [-0.2, 0) is 4.79 Å². The fourth-order valence-corrected chi connectivity index (χ4v) is 2.65. The van der Waals surface area contributed by atoms with E-state index in [1.54, 1.807) is 6.92 Å². The molecule has 124 valence electrons. The zero-order chi connectivity index (χ0) is 15.6. The number of unbranched alkanes of at least 4 members (excludes halogenated alkanes) is 11. The Hall–Kier alpha value is -0.300. The van der Waals surface area contributed by atoms with Gasteiger partial charge in [-0.15, -0.1) is 11.6 Å². The summed E-state index contributed by atoms with van der Waals surface area (Å²) in [5.74, 6) is 1.15. The van der Waals surface area contributed by atoms with Gasteiger partial charge in [-0.2, -0.15) is 0 Å². The molecule has 0 amide bonds. The van der Waals surface area contributed by atoms with Crippen molar-refractivity contribution in [3.05, 3.63) is 12.2 Å². The summed E-state index contributed by atoms with van der Waals surface area (Å²) in [6, 6.07) is 0. The van der Waals surface area contributed by atoms with Gasteiger partial charge in [0, 0.05) is 12.3 Å². The van der Waals surface area contributed by atoms with Crippen molar-refractivity contribution in [1.82, 2.24) is 0 Å². The van der Waals surface area contributed by atoms with Gasteiger partial charge in [-0.1, -0.05) is 57.1 Å². The molecule has 1 nitrogen and oxygen atoms in total. The molecule has 0 aromatic carbocycles. The molecule has 0 atom stereocenters. The van der Waals surface area contributed by atoms with E-state index in [-0.39, 0.29) is 0 Å². The van der Waals surface area contributed by atoms with Crippen molar-refractivity contribution in [2.45, 2.75) is 96.8 Å². The minimum atomic E-state index is 0.331. The summed E-state index contributed by atoms with van der Waals surface area (Å²) in [6.07, 6.45) is 22.0. The van der Waals surface area contributed by atoms with E-state index in [0.29, 0.717) is 5.78 Å². The summed E-state index contributed by atoms with van der Waals surface area (Å²) < 4.78 is 0. The fraction of sp³-hybridized carbons (Fsp3) is 0.842. The predicted octanol–water partition coefficient (Wildman–Crippen LogP) is 6.83. The van der Waals surface area contributed by atoms with Crippen LogP contribution in [0.3, 0.4) is 0 Å². The maximum absolute atomic E-state index is 10.8. The highest BCUT2D eigenvalue weighted by atomic mass is 35.5. The van der Waals surface area contributed by atoms with Crippen molar-refractivity contribution >= 4 is 17.4 Å². The van der Waals surface area contributed by atoms with Crippen molar-refractivity contribution in [1.29, 1.82) is 0 Å². The van der Waals surface area contributed by atoms with Gasteiger partial charge in [-0.25, -0.2) is 0 Å². The lowest BCUT2D eigenvalue weighted by atomic mass is 10.1. The lowest BCUT2D eigenvalue weighted by Gasteiger charge is -1.99. The number of allylic oxidation sites excluding steroid dienone is 2. The molecule has 0 aromatic rings. The second kappa shape index (κ2) is 17.8. The van der Waals surface area contributed by atoms with Crippen LogP contribution in [0.2, 0.25) is 0 Å². The number of carbonyl (C=O) groups excluding carboxylic acids is 1. The van der Waals surface area contributed by atoms with E-state index >= 15 is 0 Å². The second-order valence-electron chi connectivity index (χ2n) is 6.08. The van der Waals surface area contributed by atoms with E-state index in [9.17, 15) is 4.79 Å². The molecule has 0 radical (unpaired) electrons. The molecule has 0 aliphatic rings. The zero-order valence-electron chi connectivity index (χ0n) is 14.0. The average molecular weight is 315 g/mol. The Morgan fingerprint density at radius 1 is 0.714 bits per heavy atom. The second-order valence-corrected chi connectivity index (χ2v) is 6.46. The Kier molecular flexibility index (Phi) is 17.5. The van der Waals surface area contributed by atoms with E-state index in [0.717, 1.165) is 18.7 Å². The van der Waals surface area contributed by atoms with E-state index in [2.05, 4.69) is 12.2 Å². The van der Waals surface area contributed by atoms with Crippen molar-refractivity contribution in [3.63, 3.8) is 0 Å². The molecule has 0 aliphatic carbocycles. The largest absolute Gasteiger partial charge is 0.300 e. The number of halogens is 1. The first-order valence-corrected chi connectivity index (χ1v) is 9.51. The standard InChI is InChI=1S/C19H35ClO/c1-19(21)17-15-13-11-9-7-5-3-2-4-6-8-10-12-14-16-18-20/h2-3H,4-18H2,1H3/b3-2-. The van der Waals surface area contributed by atoms with Crippen LogP contribution < -0.4 is 0 Å². The zero-order valence-corrected chi connectivity index (χ0v) is 14.8. The topological polar surface area (TPSA) is 17.1 Å². The van der Waals surface area contributed by atoms with Crippen LogP contribution in [0.25, 0.3) is 0 Å². The van der Waals surface area contributed by atoms with E-state index in [1.165, 1.54) is 77.0 Å². The number of hydrogen-bond acceptors (Lipinski definition) is 1. The van der Waals surface area contributed by atoms with Crippen LogP contribution >= 0.6 is 11.6 Å². The molecule has 0 saturated heterocycles. The number of alkyl halides is 1. The number of Topliss-reactive ketones (excluding diaryl/α,β-unsaturated/α-hetero) is 1. The van der Waals surface area contributed by atoms with Crippen molar-refractivity contribution < 1.29 is 4.79 Å². The molecule has 0 bridgehead atoms. The molecule has 0 aromatic heterocycles. The Morgan fingerprint density at radius 3 is 1.62 bits per heavy atom. The van der Waals surface area contributed by atoms with Gasteiger partial charge in [0.25, 0.3) is 0 Å². The molecule has 0 N–H and O–H groups in total. The molecule has 0 spiro atoms. The van der Waals surface area contributed by atoms with Gasteiger partial charge >= 0.3 is 0 Å². The third-order valence-electron chi connectivity index (χ3n) is 3.82. The van der Waals surface area contributed by atoms with Gasteiger partial charge in [0.05, 0.1) is 0 Å². The highest BCUT2D eigenvalue weighted by Crippen LogP contribution is 2.10. The number of carbonyl (C=O) groups is 1. The normalized spacial score (nSPS) is 11.3. The van der Waals surface area contributed by atoms with E-state index in [1.807, 2.05) is 0 Å². The molecule has 0 unspecified atom stereocenters. The first-order chi connectivity index (χ1) is 10.3. The number of hydrogen-bond donors (Lipinski definition) is 0. The van der Waals surface area contributed by atoms with Gasteiger partial charge in [-0.3, -0.25) is 0 Å². The summed E-state index contributed by atoms with van der Waals surface area (Å²) in [5, 5.41) is 0. The maximum atomic E-state index is 10.8. The Bertz CT molecular complexity index is 248. The van der Waals surface area contributed by atoms with E-state index < -0.39 is 0 Å². The predicted molar refractivity (Wildman–Crippen MR) is 95.2 cm³/mol. The maximum Gasteiger partial charge on any atom is 0.129 e. The SMILES string of the molecule is CC(=O)CCCCCCC/C=C\CCCCCCCCCl. The summed E-state index contributed by atoms with van der Waals surface area (Å²) in [7, 11) is 0. The van der Waals surface area contributed by atoms with Crippen molar-refractivity contribution in [3.8, 4) is 0 Å². The molecule has 0 rings (SSSR count). The molecule has 2 heteroatoms. The first-order valence-electron chi connectivity index (χ1n) is 8.97. The van der Waals surface area contributed by atoms with Crippen molar-refractivity contribution in [2.75, 3.05) is 5.88 Å². The Morgan fingerprint density at radius 2 is 1.14 bits per heavy atom. The third kappa shape index (κ3) is 19.7. The molecular weight excluding hydrogens is 280 g/mol. The van der Waals surface area contributed by atoms with Gasteiger partial charge in [0.2, 0.25) is 0 Å². The first kappa shape index (κ1) is 20.7. The molecule has 0 heterocycles. The summed E-state index contributed by atoms with van der Waals surface area (Å²) in [6.45, 7) is 1.69. The number of ketones is 1. The minimum absolute atomic E-state index is 0.331. The Labute approximate surface area is 137 Å². The fourth-order valence-electron chi connectivity index (χ4n) is 2.47. The van der Waals surface area contributed by atoms with Crippen LogP contribution in [-0.4, -0.2) is 11.7 Å². The molecular formula is C19H35ClO. The lowest BCUT2D eigenvalue weighted by molar-refractivity contribution is -0.117. The Balaban J connectivity index is 3.07. The van der Waals surface area contributed by atoms with Crippen molar-refractivity contribution in [2.24, 2.45) is 0 Å². The lowest BCUT2D eigenvalue weighted by Crippen LogP contribution is -1.89. The third-order valence-corrected chi connectivity index (χ3v) is 4.09.